The smallest absolute Gasteiger partial charge is 0.304 e. The van der Waals surface area contributed by atoms with E-state index < -0.39 is 24.0 Å². The first-order chi connectivity index (χ1) is 12.8. The fraction of sp³-hybridized carbons (Fsp3) is 0.850. The second kappa shape index (κ2) is 6.47. The fourth-order valence-electron chi connectivity index (χ4n) is 6.23. The van der Waals surface area contributed by atoms with Crippen LogP contribution in [0, 0.1) is 11.8 Å². The molecule has 0 N–H and O–H groups in total. The van der Waals surface area contributed by atoms with Crippen LogP contribution in [0.25, 0.3) is 0 Å². The summed E-state index contributed by atoms with van der Waals surface area (Å²) < 4.78 is 17.3. The van der Waals surface area contributed by atoms with Crippen LogP contribution in [0.3, 0.4) is 0 Å². The maximum Gasteiger partial charge on any atom is 0.304 e. The number of amides is 1. The van der Waals surface area contributed by atoms with Gasteiger partial charge in [-0.1, -0.05) is 19.3 Å². The van der Waals surface area contributed by atoms with Crippen LogP contribution < -0.4 is 0 Å². The average Bonchev–Trinajstić information content (AvgIpc) is 3.01. The van der Waals surface area contributed by atoms with E-state index in [1.54, 1.807) is 6.92 Å². The highest BCUT2D eigenvalue weighted by molar-refractivity contribution is 5.75. The van der Waals surface area contributed by atoms with Crippen LogP contribution in [0.15, 0.2) is 0 Å². The molecule has 2 spiro atoms. The van der Waals surface area contributed by atoms with Crippen molar-refractivity contribution in [2.24, 2.45) is 11.8 Å². The Morgan fingerprint density at radius 1 is 1.00 bits per heavy atom. The number of carbonyl (C=O) groups excluding carboxylic acids is 3. The second-order valence-electron chi connectivity index (χ2n) is 8.77. The molecule has 0 aromatic rings. The highest BCUT2D eigenvalue weighted by atomic mass is 16.7. The largest absolute Gasteiger partial charge is 0.459 e. The Bertz CT molecular complexity index is 657. The molecule has 4 aliphatic rings. The van der Waals surface area contributed by atoms with Crippen molar-refractivity contribution in [2.75, 3.05) is 6.54 Å². The van der Waals surface area contributed by atoms with E-state index in [0.717, 1.165) is 38.5 Å². The Morgan fingerprint density at radius 2 is 1.67 bits per heavy atom. The van der Waals surface area contributed by atoms with Gasteiger partial charge in [-0.2, -0.15) is 0 Å². The molecule has 0 radical (unpaired) electrons. The molecule has 7 nitrogen and oxygen atoms in total. The van der Waals surface area contributed by atoms with E-state index in [4.69, 9.17) is 14.2 Å². The minimum absolute atomic E-state index is 0.0364. The topological polar surface area (TPSA) is 82.1 Å². The van der Waals surface area contributed by atoms with E-state index in [1.807, 2.05) is 4.90 Å². The van der Waals surface area contributed by atoms with Gasteiger partial charge < -0.3 is 19.1 Å². The molecule has 1 amide bonds. The van der Waals surface area contributed by atoms with Crippen LogP contribution in [-0.2, 0) is 28.6 Å². The van der Waals surface area contributed by atoms with Gasteiger partial charge in [-0.3, -0.25) is 14.4 Å². The molecule has 27 heavy (non-hydrogen) atoms. The number of nitrogens with zero attached hydrogens (tertiary/aromatic N) is 1. The summed E-state index contributed by atoms with van der Waals surface area (Å²) in [6, 6.07) is 0. The molecule has 1 unspecified atom stereocenters. The minimum atomic E-state index is -0.773. The van der Waals surface area contributed by atoms with Crippen LogP contribution >= 0.6 is 0 Å². The summed E-state index contributed by atoms with van der Waals surface area (Å²) in [4.78, 5) is 37.8. The lowest BCUT2D eigenvalue weighted by Gasteiger charge is -2.57. The Kier molecular flexibility index (Phi) is 4.48. The van der Waals surface area contributed by atoms with E-state index in [0.29, 0.717) is 6.54 Å². The molecule has 4 rings (SSSR count). The number of carbonyl (C=O) groups is 3. The zero-order chi connectivity index (χ0) is 19.4. The van der Waals surface area contributed by atoms with Crippen LogP contribution in [0.4, 0.5) is 0 Å². The number of rotatable bonds is 2. The summed E-state index contributed by atoms with van der Waals surface area (Å²) in [5.41, 5.74) is -0.879. The number of ether oxygens (including phenoxy) is 3. The van der Waals surface area contributed by atoms with Gasteiger partial charge in [0, 0.05) is 26.3 Å². The van der Waals surface area contributed by atoms with Crippen LogP contribution in [0.5, 0.6) is 0 Å². The van der Waals surface area contributed by atoms with Crippen molar-refractivity contribution in [2.45, 2.75) is 89.3 Å². The molecule has 7 heteroatoms. The zero-order valence-electron chi connectivity index (χ0n) is 16.4. The van der Waals surface area contributed by atoms with Gasteiger partial charge in [0.1, 0.15) is 11.7 Å². The molecular weight excluding hydrogens is 350 g/mol. The van der Waals surface area contributed by atoms with Crippen molar-refractivity contribution >= 4 is 17.8 Å². The van der Waals surface area contributed by atoms with Crippen molar-refractivity contribution < 1.29 is 28.6 Å². The summed E-state index contributed by atoms with van der Waals surface area (Å²) in [7, 11) is 0. The van der Waals surface area contributed by atoms with E-state index >= 15 is 0 Å². The van der Waals surface area contributed by atoms with E-state index in [1.165, 1.54) is 20.3 Å². The fourth-order valence-corrected chi connectivity index (χ4v) is 6.23. The number of esters is 2. The molecule has 2 saturated heterocycles. The number of hydrogen-bond acceptors (Lipinski definition) is 6. The molecular formula is C20H29NO6. The lowest BCUT2D eigenvalue weighted by atomic mass is 9.67. The van der Waals surface area contributed by atoms with Gasteiger partial charge in [0.25, 0.3) is 0 Å². The average molecular weight is 379 g/mol. The normalized spacial score (nSPS) is 39.1. The number of likely N-dealkylation sites (tertiary alicyclic amines) is 1. The van der Waals surface area contributed by atoms with Crippen molar-refractivity contribution in [1.29, 1.82) is 0 Å². The van der Waals surface area contributed by atoms with Gasteiger partial charge in [0.2, 0.25) is 12.2 Å². The summed E-state index contributed by atoms with van der Waals surface area (Å²) in [6.45, 7) is 4.75. The van der Waals surface area contributed by atoms with Gasteiger partial charge in [0.15, 0.2) is 0 Å². The Morgan fingerprint density at radius 3 is 2.26 bits per heavy atom. The first kappa shape index (κ1) is 18.7. The Labute approximate surface area is 159 Å². The summed E-state index contributed by atoms with van der Waals surface area (Å²) in [6.07, 6.45) is 6.01. The highest BCUT2D eigenvalue weighted by Crippen LogP contribution is 2.60. The molecule has 2 aliphatic carbocycles. The van der Waals surface area contributed by atoms with Crippen molar-refractivity contribution in [3.8, 4) is 0 Å². The third kappa shape index (κ3) is 2.85. The van der Waals surface area contributed by atoms with E-state index in [-0.39, 0.29) is 29.3 Å². The zero-order valence-corrected chi connectivity index (χ0v) is 16.4. The van der Waals surface area contributed by atoms with Gasteiger partial charge in [-0.25, -0.2) is 0 Å². The third-order valence-electron chi connectivity index (χ3n) is 7.15. The molecule has 0 aromatic heterocycles. The first-order valence-corrected chi connectivity index (χ1v) is 10.1. The van der Waals surface area contributed by atoms with Crippen molar-refractivity contribution in [3.05, 3.63) is 0 Å². The maximum absolute atomic E-state index is 12.6. The SMILES string of the molecule is CC(=O)OC1[C@H]2C[C@@H]3CC4(CCCCC4)N(C(C)=O)C[C@@]13O[C@H]2OC(C)=O. The van der Waals surface area contributed by atoms with E-state index in [9.17, 15) is 14.4 Å². The molecule has 2 saturated carbocycles. The quantitative estimate of drug-likeness (QED) is 0.684. The lowest BCUT2D eigenvalue weighted by Crippen LogP contribution is -2.67. The van der Waals surface area contributed by atoms with Crippen LogP contribution in [0.2, 0.25) is 0 Å². The van der Waals surface area contributed by atoms with Gasteiger partial charge in [0.05, 0.1) is 12.5 Å². The molecule has 0 aromatic carbocycles. The predicted octanol–water partition coefficient (Wildman–Crippen LogP) is 2.17. The number of fused-ring (bicyclic) bond motifs is 1. The van der Waals surface area contributed by atoms with Gasteiger partial charge >= 0.3 is 11.9 Å². The molecule has 2 bridgehead atoms. The maximum atomic E-state index is 12.6. The van der Waals surface area contributed by atoms with Crippen molar-refractivity contribution in [1.82, 2.24) is 4.90 Å². The molecule has 150 valence electrons. The Balaban J connectivity index is 1.68. The van der Waals surface area contributed by atoms with Gasteiger partial charge in [-0.15, -0.1) is 0 Å². The van der Waals surface area contributed by atoms with Crippen LogP contribution in [-0.4, -0.2) is 52.8 Å². The molecule has 2 aliphatic heterocycles. The lowest BCUT2D eigenvalue weighted by molar-refractivity contribution is -0.244. The second-order valence-corrected chi connectivity index (χ2v) is 8.77. The number of piperidine rings is 1. The Hall–Kier alpha value is -1.63. The van der Waals surface area contributed by atoms with Gasteiger partial charge in [-0.05, 0) is 31.6 Å². The number of hydrogen-bond donors (Lipinski definition) is 0. The summed E-state index contributed by atoms with van der Waals surface area (Å²) in [5, 5.41) is 0. The van der Waals surface area contributed by atoms with Crippen LogP contribution in [0.1, 0.15) is 65.7 Å². The minimum Gasteiger partial charge on any atom is -0.459 e. The highest BCUT2D eigenvalue weighted by Gasteiger charge is 2.72. The van der Waals surface area contributed by atoms with Crippen molar-refractivity contribution in [3.63, 3.8) is 0 Å². The molecule has 2 heterocycles. The monoisotopic (exact) mass is 379 g/mol. The molecule has 5 atom stereocenters. The molecule has 4 fully saturated rings. The first-order valence-electron chi connectivity index (χ1n) is 10.1. The predicted molar refractivity (Wildman–Crippen MR) is 94.3 cm³/mol. The summed E-state index contributed by atoms with van der Waals surface area (Å²) >= 11 is 0. The third-order valence-corrected chi connectivity index (χ3v) is 7.15. The van der Waals surface area contributed by atoms with E-state index in [2.05, 4.69) is 0 Å². The standard InChI is InChI=1S/C20H29NO6/c1-12(22)21-11-20-15(10-19(21)7-5-4-6-8-19)9-16(17(20)25-13(2)23)18(27-20)26-14(3)24/h15-18H,4-11H2,1-3H3/t15-,16-,17?,18-,20+/m1/s1. The summed E-state index contributed by atoms with van der Waals surface area (Å²) in [5.74, 6) is -0.716.